The summed E-state index contributed by atoms with van der Waals surface area (Å²) >= 11 is 0. The minimum atomic E-state index is -0.368. The van der Waals surface area contributed by atoms with Crippen LogP contribution in [0.1, 0.15) is 36.0 Å². The quantitative estimate of drug-likeness (QED) is 0.780. The number of benzene rings is 1. The number of methoxy groups -OCH3 is 2. The number of hydrogen-bond donors (Lipinski definition) is 0. The minimum Gasteiger partial charge on any atom is -0.497 e. The van der Waals surface area contributed by atoms with E-state index in [1.807, 2.05) is 24.3 Å². The molecule has 1 heterocycles. The van der Waals surface area contributed by atoms with E-state index in [1.54, 1.807) is 19.2 Å². The second kappa shape index (κ2) is 7.34. The van der Waals surface area contributed by atoms with Gasteiger partial charge in [0.15, 0.2) is 0 Å². The van der Waals surface area contributed by atoms with Crippen LogP contribution in [0.3, 0.4) is 0 Å². The van der Waals surface area contributed by atoms with Crippen LogP contribution in [0.2, 0.25) is 0 Å². The molecular weight excluding hydrogens is 306 g/mol. The van der Waals surface area contributed by atoms with Crippen molar-refractivity contribution in [2.75, 3.05) is 14.2 Å². The Morgan fingerprint density at radius 1 is 1.00 bits per heavy atom. The van der Waals surface area contributed by atoms with E-state index in [4.69, 9.17) is 14.2 Å². The molecule has 1 saturated carbocycles. The van der Waals surface area contributed by atoms with Crippen LogP contribution in [0.4, 0.5) is 0 Å². The fraction of sp³-hybridized carbons (Fsp3) is 0.368. The van der Waals surface area contributed by atoms with E-state index < -0.39 is 0 Å². The summed E-state index contributed by atoms with van der Waals surface area (Å²) in [4.78, 5) is 16.8. The van der Waals surface area contributed by atoms with Crippen LogP contribution in [-0.4, -0.2) is 31.3 Å². The van der Waals surface area contributed by atoms with Gasteiger partial charge in [-0.2, -0.15) is 0 Å². The van der Waals surface area contributed by atoms with Crippen LogP contribution in [0.15, 0.2) is 36.4 Å². The van der Waals surface area contributed by atoms with Gasteiger partial charge >= 0.3 is 5.97 Å². The topological polar surface area (TPSA) is 57.7 Å². The molecule has 0 spiro atoms. The Morgan fingerprint density at radius 2 is 1.71 bits per heavy atom. The van der Waals surface area contributed by atoms with Gasteiger partial charge in [0.05, 0.1) is 19.9 Å². The summed E-state index contributed by atoms with van der Waals surface area (Å²) in [5.41, 5.74) is 2.01. The van der Waals surface area contributed by atoms with Gasteiger partial charge in [-0.05, 0) is 62.1 Å². The van der Waals surface area contributed by atoms with Crippen molar-refractivity contribution in [3.8, 4) is 22.9 Å². The van der Waals surface area contributed by atoms with Gasteiger partial charge < -0.3 is 14.2 Å². The van der Waals surface area contributed by atoms with Crippen LogP contribution < -0.4 is 9.47 Å². The summed E-state index contributed by atoms with van der Waals surface area (Å²) in [6, 6.07) is 11.1. The molecule has 0 saturated heterocycles. The molecule has 3 rings (SSSR count). The summed E-state index contributed by atoms with van der Waals surface area (Å²) in [7, 11) is 3.13. The van der Waals surface area contributed by atoms with E-state index in [0.717, 1.165) is 42.7 Å². The van der Waals surface area contributed by atoms with Gasteiger partial charge in [-0.3, -0.25) is 0 Å². The number of esters is 1. The molecule has 1 aliphatic rings. The third-order valence-electron chi connectivity index (χ3n) is 4.24. The maximum absolute atomic E-state index is 12.4. The highest BCUT2D eigenvalue weighted by atomic mass is 16.5. The summed E-state index contributed by atoms with van der Waals surface area (Å²) < 4.78 is 16.0. The second-order valence-electron chi connectivity index (χ2n) is 5.79. The van der Waals surface area contributed by atoms with Gasteiger partial charge in [0, 0.05) is 5.56 Å². The Labute approximate surface area is 141 Å². The predicted octanol–water partition coefficient (Wildman–Crippen LogP) is 3.87. The number of carbonyl (C=O) groups is 1. The summed E-state index contributed by atoms with van der Waals surface area (Å²) in [5.74, 6) is 0.696. The molecule has 5 nitrogen and oxygen atoms in total. The normalized spacial score (nSPS) is 14.4. The molecule has 1 aliphatic carbocycles. The van der Waals surface area contributed by atoms with Gasteiger partial charge in [0.2, 0.25) is 5.88 Å². The van der Waals surface area contributed by atoms with Gasteiger partial charge in [0.25, 0.3) is 0 Å². The van der Waals surface area contributed by atoms with Crippen molar-refractivity contribution in [3.05, 3.63) is 42.0 Å². The van der Waals surface area contributed by atoms with E-state index in [1.165, 1.54) is 7.11 Å². The Hall–Kier alpha value is -2.56. The highest BCUT2D eigenvalue weighted by Crippen LogP contribution is 2.27. The molecule has 1 fully saturated rings. The third kappa shape index (κ3) is 3.50. The van der Waals surface area contributed by atoms with Crippen molar-refractivity contribution in [2.24, 2.45) is 0 Å². The van der Waals surface area contributed by atoms with Crippen LogP contribution in [-0.2, 0) is 4.74 Å². The molecule has 126 valence electrons. The number of aromatic nitrogens is 1. The highest BCUT2D eigenvalue weighted by Gasteiger charge is 2.23. The van der Waals surface area contributed by atoms with E-state index in [2.05, 4.69) is 4.98 Å². The molecule has 1 aromatic carbocycles. The Balaban J connectivity index is 1.82. The van der Waals surface area contributed by atoms with Crippen LogP contribution in [0, 0.1) is 0 Å². The van der Waals surface area contributed by atoms with Crippen molar-refractivity contribution in [1.29, 1.82) is 0 Å². The van der Waals surface area contributed by atoms with Crippen molar-refractivity contribution in [3.63, 3.8) is 0 Å². The molecule has 0 bridgehead atoms. The van der Waals surface area contributed by atoms with Gasteiger partial charge in [-0.15, -0.1) is 0 Å². The number of nitrogens with zero attached hydrogens (tertiary/aromatic N) is 1. The first-order valence-corrected chi connectivity index (χ1v) is 8.11. The van der Waals surface area contributed by atoms with Gasteiger partial charge in [-0.1, -0.05) is 0 Å². The fourth-order valence-electron chi connectivity index (χ4n) is 2.90. The maximum Gasteiger partial charge on any atom is 0.343 e. The number of hydrogen-bond acceptors (Lipinski definition) is 5. The molecule has 0 N–H and O–H groups in total. The van der Waals surface area contributed by atoms with Crippen molar-refractivity contribution in [2.45, 2.75) is 31.8 Å². The Morgan fingerprint density at radius 3 is 2.33 bits per heavy atom. The van der Waals surface area contributed by atoms with Gasteiger partial charge in [0.1, 0.15) is 17.4 Å². The maximum atomic E-state index is 12.4. The summed E-state index contributed by atoms with van der Waals surface area (Å²) in [6.07, 6.45) is 4.12. The zero-order valence-electron chi connectivity index (χ0n) is 14.0. The van der Waals surface area contributed by atoms with Crippen molar-refractivity contribution < 1.29 is 19.0 Å². The zero-order chi connectivity index (χ0) is 16.9. The first-order chi connectivity index (χ1) is 11.7. The molecule has 0 aliphatic heterocycles. The summed E-state index contributed by atoms with van der Waals surface area (Å²) in [5, 5.41) is 0. The van der Waals surface area contributed by atoms with E-state index >= 15 is 0 Å². The number of carbonyl (C=O) groups excluding carboxylic acids is 1. The largest absolute Gasteiger partial charge is 0.497 e. The number of rotatable bonds is 5. The average molecular weight is 327 g/mol. The molecule has 5 heteroatoms. The molecule has 2 aromatic rings. The lowest BCUT2D eigenvalue weighted by atomic mass is 10.1. The monoisotopic (exact) mass is 327 g/mol. The first kappa shape index (κ1) is 16.3. The fourth-order valence-corrected chi connectivity index (χ4v) is 2.90. The first-order valence-electron chi connectivity index (χ1n) is 8.11. The van der Waals surface area contributed by atoms with Crippen LogP contribution >= 0.6 is 0 Å². The molecule has 0 amide bonds. The van der Waals surface area contributed by atoms with E-state index in [0.29, 0.717) is 5.56 Å². The Bertz CT molecular complexity index is 706. The molecular formula is C19H21NO4. The smallest absolute Gasteiger partial charge is 0.343 e. The highest BCUT2D eigenvalue weighted by molar-refractivity contribution is 5.92. The zero-order valence-corrected chi connectivity index (χ0v) is 14.0. The lowest BCUT2D eigenvalue weighted by Gasteiger charge is -2.13. The van der Waals surface area contributed by atoms with Crippen LogP contribution in [0.5, 0.6) is 11.6 Å². The van der Waals surface area contributed by atoms with Crippen molar-refractivity contribution in [1.82, 2.24) is 4.98 Å². The number of pyridine rings is 1. The SMILES string of the molecule is COc1ccc(-c2ccc(C(=O)OC3CCCC3)c(OC)n2)cc1. The van der Waals surface area contributed by atoms with E-state index in [9.17, 15) is 4.79 Å². The third-order valence-corrected chi connectivity index (χ3v) is 4.24. The van der Waals surface area contributed by atoms with Crippen molar-refractivity contribution >= 4 is 5.97 Å². The molecule has 0 unspecified atom stereocenters. The van der Waals surface area contributed by atoms with Crippen LogP contribution in [0.25, 0.3) is 11.3 Å². The van der Waals surface area contributed by atoms with Gasteiger partial charge in [-0.25, -0.2) is 9.78 Å². The molecule has 0 atom stereocenters. The Kier molecular flexibility index (Phi) is 4.99. The summed E-state index contributed by atoms with van der Waals surface area (Å²) in [6.45, 7) is 0. The molecule has 24 heavy (non-hydrogen) atoms. The molecule has 1 aromatic heterocycles. The second-order valence-corrected chi connectivity index (χ2v) is 5.79. The predicted molar refractivity (Wildman–Crippen MR) is 90.4 cm³/mol. The van der Waals surface area contributed by atoms with E-state index in [-0.39, 0.29) is 18.0 Å². The lowest BCUT2D eigenvalue weighted by Crippen LogP contribution is -2.16. The standard InChI is InChI=1S/C19H21NO4/c1-22-14-9-7-13(8-10-14)17-12-11-16(18(20-17)23-2)19(21)24-15-5-3-4-6-15/h7-12,15H,3-6H2,1-2H3. The number of ether oxygens (including phenoxy) is 3. The molecule has 0 radical (unpaired) electrons. The average Bonchev–Trinajstić information content (AvgIpc) is 3.14. The lowest BCUT2D eigenvalue weighted by molar-refractivity contribution is 0.0313. The minimum absolute atomic E-state index is 0.0171.